The third kappa shape index (κ3) is 2.12. The summed E-state index contributed by atoms with van der Waals surface area (Å²) in [6, 6.07) is 4.47. The van der Waals surface area contributed by atoms with Gasteiger partial charge in [-0.1, -0.05) is 0 Å². The molecular weight excluding hydrogens is 258 g/mol. The average molecular weight is 263 g/mol. The van der Waals surface area contributed by atoms with Gasteiger partial charge in [0.2, 0.25) is 0 Å². The summed E-state index contributed by atoms with van der Waals surface area (Å²) in [5, 5.41) is 8.65. The second-order valence-corrected chi connectivity index (χ2v) is 3.18. The van der Waals surface area contributed by atoms with Crippen molar-refractivity contribution in [2.45, 2.75) is 6.61 Å². The lowest BCUT2D eigenvalue weighted by molar-refractivity contribution is -0.0493. The van der Waals surface area contributed by atoms with Gasteiger partial charge in [0, 0.05) is 4.47 Å². The number of benzene rings is 1. The second kappa shape index (κ2) is 4.24. The fraction of sp³-hybridized carbons (Fsp3) is 0.125. The molecule has 0 bridgehead atoms. The summed E-state index contributed by atoms with van der Waals surface area (Å²) in [7, 11) is 0. The molecule has 74 valence electrons. The highest BCUT2D eigenvalue weighted by Crippen LogP contribution is 2.31. The quantitative estimate of drug-likeness (QED) is 0.834. The van der Waals surface area contributed by atoms with Crippen molar-refractivity contribution in [1.82, 2.24) is 0 Å². The Balaban J connectivity index is 3.16. The van der Waals surface area contributed by atoms with E-state index in [2.05, 4.69) is 20.7 Å². The molecule has 1 aromatic rings. The van der Waals surface area contributed by atoms with Gasteiger partial charge in [-0.15, -0.1) is 0 Å². The molecule has 0 spiro atoms. The van der Waals surface area contributed by atoms with Crippen LogP contribution in [0.15, 0.2) is 16.6 Å². The summed E-state index contributed by atoms with van der Waals surface area (Å²) in [5.41, 5.74) is 5.42. The first-order valence-corrected chi connectivity index (χ1v) is 4.28. The number of hydrogen-bond acceptors (Lipinski definition) is 3. The highest BCUT2D eigenvalue weighted by molar-refractivity contribution is 9.10. The fourth-order valence-corrected chi connectivity index (χ4v) is 1.32. The first-order valence-electron chi connectivity index (χ1n) is 3.49. The maximum absolute atomic E-state index is 11.9. The summed E-state index contributed by atoms with van der Waals surface area (Å²) in [6.45, 7) is -2.95. The molecule has 0 saturated carbocycles. The zero-order chi connectivity index (χ0) is 10.7. The molecule has 0 amide bonds. The molecule has 0 aromatic heterocycles. The van der Waals surface area contributed by atoms with Crippen LogP contribution in [-0.2, 0) is 0 Å². The van der Waals surface area contributed by atoms with Gasteiger partial charge < -0.3 is 10.5 Å². The van der Waals surface area contributed by atoms with Gasteiger partial charge in [-0.05, 0) is 28.1 Å². The number of nitrogens with two attached hydrogens (primary N) is 1. The number of halogens is 3. The molecule has 0 aliphatic rings. The normalized spacial score (nSPS) is 9.93. The van der Waals surface area contributed by atoms with Gasteiger partial charge in [-0.2, -0.15) is 14.0 Å². The Bertz CT molecular complexity index is 390. The van der Waals surface area contributed by atoms with Crippen molar-refractivity contribution in [3.05, 3.63) is 22.2 Å². The average Bonchev–Trinajstić information content (AvgIpc) is 2.10. The molecule has 0 heterocycles. The number of nitriles is 1. The minimum atomic E-state index is -2.95. The Hall–Kier alpha value is -1.35. The van der Waals surface area contributed by atoms with Crippen molar-refractivity contribution in [3.8, 4) is 11.8 Å². The molecule has 1 aromatic carbocycles. The smallest absolute Gasteiger partial charge is 0.387 e. The number of alkyl halides is 2. The molecule has 14 heavy (non-hydrogen) atoms. The van der Waals surface area contributed by atoms with E-state index >= 15 is 0 Å². The largest absolute Gasteiger partial charge is 0.433 e. The highest BCUT2D eigenvalue weighted by Gasteiger charge is 2.13. The molecule has 0 fully saturated rings. The Labute approximate surface area is 87.2 Å². The zero-order valence-corrected chi connectivity index (χ0v) is 8.38. The highest BCUT2D eigenvalue weighted by atomic mass is 79.9. The van der Waals surface area contributed by atoms with Crippen LogP contribution in [0.5, 0.6) is 5.75 Å². The fourth-order valence-electron chi connectivity index (χ4n) is 0.886. The molecule has 0 radical (unpaired) electrons. The van der Waals surface area contributed by atoms with Gasteiger partial charge in [-0.3, -0.25) is 0 Å². The van der Waals surface area contributed by atoms with Crippen molar-refractivity contribution in [2.75, 3.05) is 5.73 Å². The topological polar surface area (TPSA) is 59.0 Å². The lowest BCUT2D eigenvalue weighted by Gasteiger charge is -2.09. The monoisotopic (exact) mass is 262 g/mol. The first kappa shape index (κ1) is 10.7. The summed E-state index contributed by atoms with van der Waals surface area (Å²) >= 11 is 3.06. The van der Waals surface area contributed by atoms with E-state index in [9.17, 15) is 8.78 Å². The van der Waals surface area contributed by atoms with Gasteiger partial charge in [0.15, 0.2) is 0 Å². The van der Waals surface area contributed by atoms with E-state index in [0.717, 1.165) is 0 Å². The summed E-state index contributed by atoms with van der Waals surface area (Å²) < 4.78 is 28.3. The van der Waals surface area contributed by atoms with Crippen LogP contribution >= 0.6 is 15.9 Å². The minimum absolute atomic E-state index is 0.0863. The van der Waals surface area contributed by atoms with Crippen LogP contribution in [-0.4, -0.2) is 6.61 Å². The van der Waals surface area contributed by atoms with Crippen molar-refractivity contribution in [3.63, 3.8) is 0 Å². The second-order valence-electron chi connectivity index (χ2n) is 2.32. The van der Waals surface area contributed by atoms with Crippen molar-refractivity contribution in [1.29, 1.82) is 5.26 Å². The van der Waals surface area contributed by atoms with Crippen LogP contribution in [0.3, 0.4) is 0 Å². The SMILES string of the molecule is N#Cc1c(Br)ccc(OC(F)F)c1N. The zero-order valence-electron chi connectivity index (χ0n) is 6.80. The maximum atomic E-state index is 11.9. The van der Waals surface area contributed by atoms with E-state index in [0.29, 0.717) is 4.47 Å². The molecule has 0 saturated heterocycles. The van der Waals surface area contributed by atoms with Gasteiger partial charge in [0.25, 0.3) is 0 Å². The summed E-state index contributed by atoms with van der Waals surface area (Å²) in [6.07, 6.45) is 0. The standard InChI is InChI=1S/C8H5BrF2N2O/c9-5-1-2-6(14-8(10)11)7(13)4(5)3-12/h1-2,8H,13H2. The molecule has 0 unspecified atom stereocenters. The van der Waals surface area contributed by atoms with E-state index in [4.69, 9.17) is 11.0 Å². The first-order chi connectivity index (χ1) is 6.56. The number of hydrogen-bond donors (Lipinski definition) is 1. The van der Waals surface area contributed by atoms with E-state index in [-0.39, 0.29) is 17.0 Å². The lowest BCUT2D eigenvalue weighted by atomic mass is 10.2. The van der Waals surface area contributed by atoms with Crippen LogP contribution in [0.1, 0.15) is 5.56 Å². The predicted molar refractivity (Wildman–Crippen MR) is 49.9 cm³/mol. The Morgan fingerprint density at radius 2 is 2.14 bits per heavy atom. The number of nitrogen functional groups attached to an aromatic ring is 1. The minimum Gasteiger partial charge on any atom is -0.433 e. The number of rotatable bonds is 2. The van der Waals surface area contributed by atoms with Crippen LogP contribution in [0.25, 0.3) is 0 Å². The van der Waals surface area contributed by atoms with Crippen LogP contribution in [0.2, 0.25) is 0 Å². The number of anilines is 1. The van der Waals surface area contributed by atoms with Gasteiger partial charge in [-0.25, -0.2) is 0 Å². The van der Waals surface area contributed by atoms with Gasteiger partial charge in [0.1, 0.15) is 11.8 Å². The van der Waals surface area contributed by atoms with Crippen molar-refractivity contribution >= 4 is 21.6 Å². The van der Waals surface area contributed by atoms with Gasteiger partial charge in [0.05, 0.1) is 11.3 Å². The summed E-state index contributed by atoms with van der Waals surface area (Å²) in [4.78, 5) is 0. The van der Waals surface area contributed by atoms with Crippen LogP contribution in [0, 0.1) is 11.3 Å². The molecule has 6 heteroatoms. The molecule has 0 atom stereocenters. The van der Waals surface area contributed by atoms with Crippen molar-refractivity contribution in [2.24, 2.45) is 0 Å². The van der Waals surface area contributed by atoms with E-state index in [1.54, 1.807) is 6.07 Å². The molecule has 3 nitrogen and oxygen atoms in total. The Kier molecular flexibility index (Phi) is 3.25. The van der Waals surface area contributed by atoms with E-state index in [1.165, 1.54) is 12.1 Å². The van der Waals surface area contributed by atoms with Crippen LogP contribution < -0.4 is 10.5 Å². The molecule has 0 aliphatic heterocycles. The molecule has 0 aliphatic carbocycles. The molecule has 1 rings (SSSR count). The molecule has 2 N–H and O–H groups in total. The Morgan fingerprint density at radius 3 is 2.64 bits per heavy atom. The summed E-state index contributed by atoms with van der Waals surface area (Å²) in [5.74, 6) is -0.195. The van der Waals surface area contributed by atoms with E-state index in [1.807, 2.05) is 0 Å². The van der Waals surface area contributed by atoms with E-state index < -0.39 is 6.61 Å². The lowest BCUT2D eigenvalue weighted by Crippen LogP contribution is -2.05. The third-order valence-corrected chi connectivity index (χ3v) is 2.14. The van der Waals surface area contributed by atoms with Crippen molar-refractivity contribution < 1.29 is 13.5 Å². The van der Waals surface area contributed by atoms with Crippen LogP contribution in [0.4, 0.5) is 14.5 Å². The number of nitrogens with zero attached hydrogens (tertiary/aromatic N) is 1. The Morgan fingerprint density at radius 1 is 1.50 bits per heavy atom. The predicted octanol–water partition coefficient (Wildman–Crippen LogP) is 2.50. The van der Waals surface area contributed by atoms with Gasteiger partial charge >= 0.3 is 6.61 Å². The maximum Gasteiger partial charge on any atom is 0.387 e. The third-order valence-electron chi connectivity index (χ3n) is 1.48. The molecular formula is C8H5BrF2N2O. The number of ether oxygens (including phenoxy) is 1.